The number of hydrogen-bond acceptors (Lipinski definition) is 3. The molecule has 3 unspecified atom stereocenters. The Morgan fingerprint density at radius 3 is 2.82 bits per heavy atom. The maximum atomic E-state index is 6.09. The second-order valence-electron chi connectivity index (χ2n) is 5.35. The van der Waals surface area contributed by atoms with Crippen LogP contribution in [0, 0.1) is 0 Å². The van der Waals surface area contributed by atoms with E-state index < -0.39 is 0 Å². The smallest absolute Gasteiger partial charge is 0.0809 e. The highest BCUT2D eigenvalue weighted by atomic mass is 16.5. The zero-order chi connectivity index (χ0) is 11.9. The molecule has 0 aromatic carbocycles. The normalized spacial score (nSPS) is 34.1. The molecule has 1 saturated carbocycles. The minimum absolute atomic E-state index is 0.365. The number of ether oxygens (including phenoxy) is 2. The lowest BCUT2D eigenvalue weighted by Crippen LogP contribution is -2.44. The van der Waals surface area contributed by atoms with E-state index in [2.05, 4.69) is 12.2 Å². The maximum absolute atomic E-state index is 6.09. The van der Waals surface area contributed by atoms with E-state index in [9.17, 15) is 0 Å². The van der Waals surface area contributed by atoms with Crippen molar-refractivity contribution >= 4 is 0 Å². The van der Waals surface area contributed by atoms with Gasteiger partial charge in [-0.1, -0.05) is 19.8 Å². The molecule has 100 valence electrons. The lowest BCUT2D eigenvalue weighted by molar-refractivity contribution is -0.0452. The molecule has 3 heteroatoms. The van der Waals surface area contributed by atoms with Crippen molar-refractivity contribution in [1.82, 2.24) is 5.32 Å². The summed E-state index contributed by atoms with van der Waals surface area (Å²) in [6, 6.07) is 0.574. The molecule has 3 atom stereocenters. The molecule has 0 aromatic heterocycles. The Balaban J connectivity index is 1.71. The third-order valence-corrected chi connectivity index (χ3v) is 3.88. The highest BCUT2D eigenvalue weighted by Crippen LogP contribution is 2.22. The predicted octanol–water partition coefficient (Wildman–Crippen LogP) is 2.49. The van der Waals surface area contributed by atoms with Crippen LogP contribution in [-0.2, 0) is 9.47 Å². The first-order valence-electron chi connectivity index (χ1n) is 7.36. The molecule has 2 aliphatic rings. The van der Waals surface area contributed by atoms with E-state index in [-0.39, 0.29) is 0 Å². The highest BCUT2D eigenvalue weighted by Gasteiger charge is 2.26. The first-order chi connectivity index (χ1) is 8.40. The van der Waals surface area contributed by atoms with Crippen molar-refractivity contribution in [3.63, 3.8) is 0 Å². The van der Waals surface area contributed by atoms with Crippen molar-refractivity contribution in [1.29, 1.82) is 0 Å². The van der Waals surface area contributed by atoms with Crippen molar-refractivity contribution in [3.05, 3.63) is 0 Å². The number of nitrogens with one attached hydrogen (secondary N) is 1. The van der Waals surface area contributed by atoms with E-state index >= 15 is 0 Å². The Labute approximate surface area is 105 Å². The number of hydrogen-bond donors (Lipinski definition) is 1. The van der Waals surface area contributed by atoms with E-state index in [0.29, 0.717) is 18.2 Å². The summed E-state index contributed by atoms with van der Waals surface area (Å²) >= 11 is 0. The van der Waals surface area contributed by atoms with Crippen LogP contribution in [0.4, 0.5) is 0 Å². The predicted molar refractivity (Wildman–Crippen MR) is 69.3 cm³/mol. The van der Waals surface area contributed by atoms with Crippen LogP contribution >= 0.6 is 0 Å². The molecule has 0 aromatic rings. The van der Waals surface area contributed by atoms with Crippen molar-refractivity contribution in [3.8, 4) is 0 Å². The molecule has 0 radical (unpaired) electrons. The van der Waals surface area contributed by atoms with Gasteiger partial charge in [0, 0.05) is 12.6 Å². The van der Waals surface area contributed by atoms with Crippen LogP contribution in [0.2, 0.25) is 0 Å². The van der Waals surface area contributed by atoms with Crippen molar-refractivity contribution in [2.75, 3.05) is 19.8 Å². The molecule has 0 spiro atoms. The summed E-state index contributed by atoms with van der Waals surface area (Å²) in [5, 5.41) is 3.63. The summed E-state index contributed by atoms with van der Waals surface area (Å²) in [5.41, 5.74) is 0. The summed E-state index contributed by atoms with van der Waals surface area (Å²) in [6.07, 6.45) is 9.53. The van der Waals surface area contributed by atoms with Gasteiger partial charge in [-0.2, -0.15) is 0 Å². The van der Waals surface area contributed by atoms with Gasteiger partial charge in [-0.15, -0.1) is 0 Å². The molecule has 1 N–H and O–H groups in total. The van der Waals surface area contributed by atoms with Gasteiger partial charge in [-0.25, -0.2) is 0 Å². The van der Waals surface area contributed by atoms with E-state index in [1.807, 2.05) is 0 Å². The van der Waals surface area contributed by atoms with Crippen molar-refractivity contribution in [2.45, 2.75) is 70.1 Å². The van der Waals surface area contributed by atoms with E-state index in [1.165, 1.54) is 44.9 Å². The summed E-state index contributed by atoms with van der Waals surface area (Å²) in [4.78, 5) is 0. The molecule has 2 rings (SSSR count). The van der Waals surface area contributed by atoms with Crippen LogP contribution in [0.25, 0.3) is 0 Å². The van der Waals surface area contributed by atoms with Gasteiger partial charge >= 0.3 is 0 Å². The Morgan fingerprint density at radius 1 is 1.18 bits per heavy atom. The monoisotopic (exact) mass is 241 g/mol. The van der Waals surface area contributed by atoms with Gasteiger partial charge in [-0.3, -0.25) is 0 Å². The van der Waals surface area contributed by atoms with Crippen LogP contribution in [-0.4, -0.2) is 38.0 Å². The van der Waals surface area contributed by atoms with E-state index in [0.717, 1.165) is 19.8 Å². The highest BCUT2D eigenvalue weighted by molar-refractivity contribution is 4.82. The largest absolute Gasteiger partial charge is 0.376 e. The summed E-state index contributed by atoms with van der Waals surface area (Å²) in [7, 11) is 0. The van der Waals surface area contributed by atoms with E-state index in [1.54, 1.807) is 0 Å². The standard InChI is InChI=1S/C14H27NO2/c1-2-9-15-13-7-3-4-8-14(13)17-11-12-6-5-10-16-12/h12-15H,2-11H2,1H3. The lowest BCUT2D eigenvalue weighted by Gasteiger charge is -2.32. The van der Waals surface area contributed by atoms with Crippen molar-refractivity contribution < 1.29 is 9.47 Å². The SMILES string of the molecule is CCCNC1CCCCC1OCC1CCCO1. The fourth-order valence-electron chi connectivity index (χ4n) is 2.87. The second-order valence-corrected chi connectivity index (χ2v) is 5.35. The zero-order valence-corrected chi connectivity index (χ0v) is 11.1. The Bertz CT molecular complexity index is 204. The molecule has 1 saturated heterocycles. The third kappa shape index (κ3) is 4.23. The molecular weight excluding hydrogens is 214 g/mol. The quantitative estimate of drug-likeness (QED) is 0.775. The molecule has 17 heavy (non-hydrogen) atoms. The molecule has 3 nitrogen and oxygen atoms in total. The summed E-state index contributed by atoms with van der Waals surface area (Å²) in [5.74, 6) is 0. The van der Waals surface area contributed by atoms with E-state index in [4.69, 9.17) is 9.47 Å². The van der Waals surface area contributed by atoms with Gasteiger partial charge in [0.1, 0.15) is 0 Å². The first kappa shape index (κ1) is 13.3. The van der Waals surface area contributed by atoms with Crippen LogP contribution in [0.1, 0.15) is 51.9 Å². The topological polar surface area (TPSA) is 30.5 Å². The van der Waals surface area contributed by atoms with Gasteiger partial charge in [0.25, 0.3) is 0 Å². The van der Waals surface area contributed by atoms with Gasteiger partial charge in [0.2, 0.25) is 0 Å². The van der Waals surface area contributed by atoms with Crippen LogP contribution in [0.3, 0.4) is 0 Å². The molecule has 0 bridgehead atoms. The zero-order valence-electron chi connectivity index (χ0n) is 11.1. The lowest BCUT2D eigenvalue weighted by atomic mass is 9.92. The fourth-order valence-corrected chi connectivity index (χ4v) is 2.87. The van der Waals surface area contributed by atoms with Gasteiger partial charge in [-0.05, 0) is 38.6 Å². The van der Waals surface area contributed by atoms with Crippen molar-refractivity contribution in [2.24, 2.45) is 0 Å². The average Bonchev–Trinajstić information content (AvgIpc) is 2.88. The van der Waals surface area contributed by atoms with Gasteiger partial charge in [0.05, 0.1) is 18.8 Å². The molecule has 0 amide bonds. The molecule has 1 heterocycles. The Morgan fingerprint density at radius 2 is 2.06 bits per heavy atom. The first-order valence-corrected chi connectivity index (χ1v) is 7.36. The second kappa shape index (κ2) is 7.34. The Hall–Kier alpha value is -0.120. The average molecular weight is 241 g/mol. The fraction of sp³-hybridized carbons (Fsp3) is 1.00. The van der Waals surface area contributed by atoms with Gasteiger partial charge in [0.15, 0.2) is 0 Å². The minimum atomic E-state index is 0.365. The third-order valence-electron chi connectivity index (χ3n) is 3.88. The molecule has 1 aliphatic carbocycles. The summed E-state index contributed by atoms with van der Waals surface area (Å²) < 4.78 is 11.7. The van der Waals surface area contributed by atoms with Crippen LogP contribution in [0.5, 0.6) is 0 Å². The Kier molecular flexibility index (Phi) is 5.75. The summed E-state index contributed by atoms with van der Waals surface area (Å²) in [6.45, 7) is 5.06. The molecular formula is C14H27NO2. The van der Waals surface area contributed by atoms with Crippen LogP contribution < -0.4 is 5.32 Å². The minimum Gasteiger partial charge on any atom is -0.376 e. The maximum Gasteiger partial charge on any atom is 0.0809 e. The van der Waals surface area contributed by atoms with Gasteiger partial charge < -0.3 is 14.8 Å². The van der Waals surface area contributed by atoms with Crippen LogP contribution in [0.15, 0.2) is 0 Å². The molecule has 2 fully saturated rings. The molecule has 1 aliphatic heterocycles. The number of rotatable bonds is 6.